The second-order valence-electron chi connectivity index (χ2n) is 8.02. The molecular weight excluding hydrogens is 494 g/mol. The van der Waals surface area contributed by atoms with Crippen LogP contribution in [0, 0.1) is 0 Å². The summed E-state index contributed by atoms with van der Waals surface area (Å²) in [6, 6.07) is -0.0241. The number of ether oxygens (including phenoxy) is 1. The van der Waals surface area contributed by atoms with Crippen molar-refractivity contribution < 1.29 is 24.2 Å². The molecule has 14 heteroatoms. The number of aliphatic imine (C=N–C) groups is 1. The van der Waals surface area contributed by atoms with Crippen molar-refractivity contribution in [3.63, 3.8) is 0 Å². The molecule has 1 fully saturated rings. The van der Waals surface area contributed by atoms with Gasteiger partial charge in [-0.25, -0.2) is 19.6 Å². The molecule has 1 unspecified atom stereocenters. The van der Waals surface area contributed by atoms with E-state index in [1.807, 2.05) is 12.4 Å². The molecule has 0 aliphatic carbocycles. The zero-order valence-corrected chi connectivity index (χ0v) is 20.8. The van der Waals surface area contributed by atoms with Crippen molar-refractivity contribution in [3.8, 4) is 0 Å². The van der Waals surface area contributed by atoms with Crippen LogP contribution >= 0.6 is 22.7 Å². The van der Waals surface area contributed by atoms with E-state index < -0.39 is 11.9 Å². The molecule has 12 nitrogen and oxygen atoms in total. The first-order valence-corrected chi connectivity index (χ1v) is 12.4. The third kappa shape index (κ3) is 5.73. The number of methoxy groups -OCH3 is 1. The van der Waals surface area contributed by atoms with Gasteiger partial charge < -0.3 is 15.2 Å². The number of amidine groups is 1. The van der Waals surface area contributed by atoms with E-state index in [-0.39, 0.29) is 17.5 Å². The Morgan fingerprint density at radius 2 is 2.20 bits per heavy atom. The first-order chi connectivity index (χ1) is 16.9. The average Bonchev–Trinajstić information content (AvgIpc) is 3.57. The predicted molar refractivity (Wildman–Crippen MR) is 131 cm³/mol. The second kappa shape index (κ2) is 11.0. The highest BCUT2D eigenvalue weighted by molar-refractivity contribution is 7.17. The summed E-state index contributed by atoms with van der Waals surface area (Å²) in [5.74, 6) is -0.875. The largest absolute Gasteiger partial charge is 0.477 e. The topological polar surface area (TPSA) is 141 Å². The number of nitrogens with zero attached hydrogens (tertiary/aromatic N) is 6. The summed E-state index contributed by atoms with van der Waals surface area (Å²) in [5.41, 5.74) is 1.19. The van der Waals surface area contributed by atoms with Crippen molar-refractivity contribution >= 4 is 52.0 Å². The minimum atomic E-state index is -1.07. The highest BCUT2D eigenvalue weighted by Gasteiger charge is 2.30. The normalized spacial score (nSPS) is 19.1. The number of piperazine rings is 1. The number of rotatable bonds is 9. The van der Waals surface area contributed by atoms with Gasteiger partial charge in [0.1, 0.15) is 4.88 Å². The maximum Gasteiger partial charge on any atom is 0.347 e. The molecule has 0 saturated carbocycles. The van der Waals surface area contributed by atoms with Gasteiger partial charge in [0, 0.05) is 56.0 Å². The van der Waals surface area contributed by atoms with E-state index in [9.17, 15) is 14.4 Å². The number of aromatic carboxylic acids is 1. The fourth-order valence-corrected chi connectivity index (χ4v) is 5.21. The summed E-state index contributed by atoms with van der Waals surface area (Å²) in [5, 5.41) is 15.4. The lowest BCUT2D eigenvalue weighted by Crippen LogP contribution is -2.56. The van der Waals surface area contributed by atoms with Crippen molar-refractivity contribution in [2.45, 2.75) is 6.04 Å². The summed E-state index contributed by atoms with van der Waals surface area (Å²) < 4.78 is 4.97. The maximum absolute atomic E-state index is 12.4. The zero-order valence-electron chi connectivity index (χ0n) is 19.2. The van der Waals surface area contributed by atoms with E-state index in [1.54, 1.807) is 6.20 Å². The number of carboxylic acids is 1. The zero-order chi connectivity index (χ0) is 24.9. The van der Waals surface area contributed by atoms with E-state index in [2.05, 4.69) is 30.1 Å². The molecule has 2 aliphatic heterocycles. The van der Waals surface area contributed by atoms with E-state index in [4.69, 9.17) is 9.84 Å². The lowest BCUT2D eigenvalue weighted by atomic mass is 10.1. The smallest absolute Gasteiger partial charge is 0.347 e. The van der Waals surface area contributed by atoms with Crippen molar-refractivity contribution in [1.29, 1.82) is 0 Å². The number of aromatic nitrogens is 2. The standard InChI is InChI=1S/C21H25N7O5S2/c1-26-4-5-27(9-13(26)10-28(12-29)21-24-8-16(35-21)19(30)31)11-15-14(20(32)33-2)7-23-17(25-15)18-22-3-6-34-18/h3,6,8,12-13H,4-5,7,9-11H2,1-2H3,(H,23,25)(H,30,31). The Balaban J connectivity index is 1.47. The number of carbonyl (C=O) groups is 3. The number of thiazole rings is 2. The Morgan fingerprint density at radius 3 is 2.86 bits per heavy atom. The first kappa shape index (κ1) is 24.9. The predicted octanol–water partition coefficient (Wildman–Crippen LogP) is 0.354. The van der Waals surface area contributed by atoms with Crippen molar-refractivity contribution in [3.05, 3.63) is 38.9 Å². The molecule has 2 N–H and O–H groups in total. The number of hydrogen-bond acceptors (Lipinski definition) is 12. The van der Waals surface area contributed by atoms with Crippen LogP contribution in [0.3, 0.4) is 0 Å². The van der Waals surface area contributed by atoms with E-state index in [0.29, 0.717) is 42.6 Å². The number of carbonyl (C=O) groups excluding carboxylic acids is 2. The Labute approximate surface area is 209 Å². The van der Waals surface area contributed by atoms with Crippen molar-refractivity contribution in [2.75, 3.05) is 58.3 Å². The van der Waals surface area contributed by atoms with Gasteiger partial charge in [0.25, 0.3) is 0 Å². The Morgan fingerprint density at radius 1 is 1.37 bits per heavy atom. The van der Waals surface area contributed by atoms with Gasteiger partial charge in [-0.3, -0.25) is 24.5 Å². The Kier molecular flexibility index (Phi) is 7.85. The summed E-state index contributed by atoms with van der Waals surface area (Å²) >= 11 is 2.42. The molecule has 4 heterocycles. The molecule has 0 aromatic carbocycles. The number of amides is 1. The van der Waals surface area contributed by atoms with E-state index in [0.717, 1.165) is 35.1 Å². The SMILES string of the molecule is COC(=O)C1=C(CN2CCN(C)C(CN(C=O)c3ncc(C(=O)O)s3)C2)NC(c2nccs2)=NC1. The van der Waals surface area contributed by atoms with Gasteiger partial charge in [-0.1, -0.05) is 11.3 Å². The Hall–Kier alpha value is -3.20. The summed E-state index contributed by atoms with van der Waals surface area (Å²) in [7, 11) is 3.34. The minimum Gasteiger partial charge on any atom is -0.477 e. The van der Waals surface area contributed by atoms with Crippen LogP contribution in [0.1, 0.15) is 14.7 Å². The number of hydrogen-bond donors (Lipinski definition) is 2. The van der Waals surface area contributed by atoms with Gasteiger partial charge in [0.05, 0.1) is 25.4 Å². The van der Waals surface area contributed by atoms with Crippen LogP contribution < -0.4 is 10.2 Å². The van der Waals surface area contributed by atoms with Crippen LogP contribution in [0.5, 0.6) is 0 Å². The summed E-state index contributed by atoms with van der Waals surface area (Å²) in [6.07, 6.45) is 3.64. The van der Waals surface area contributed by atoms with Crippen LogP contribution in [-0.2, 0) is 14.3 Å². The van der Waals surface area contributed by atoms with Gasteiger partial charge >= 0.3 is 11.9 Å². The number of nitrogens with one attached hydrogen (secondary N) is 1. The lowest BCUT2D eigenvalue weighted by Gasteiger charge is -2.41. The molecule has 2 aromatic heterocycles. The van der Waals surface area contributed by atoms with Crippen molar-refractivity contribution in [1.82, 2.24) is 25.1 Å². The van der Waals surface area contributed by atoms with Crippen LogP contribution in [0.25, 0.3) is 0 Å². The van der Waals surface area contributed by atoms with E-state index >= 15 is 0 Å². The van der Waals surface area contributed by atoms with Crippen LogP contribution in [0.2, 0.25) is 0 Å². The highest BCUT2D eigenvalue weighted by atomic mass is 32.1. The molecule has 0 spiro atoms. The fraction of sp³-hybridized carbons (Fsp3) is 0.429. The molecule has 0 bridgehead atoms. The molecule has 4 rings (SSSR count). The third-order valence-corrected chi connectivity index (χ3v) is 7.63. The number of anilines is 1. The molecule has 2 aliphatic rings. The van der Waals surface area contributed by atoms with Crippen LogP contribution in [-0.4, -0.2) is 109 Å². The fourth-order valence-electron chi connectivity index (χ4n) is 3.88. The number of likely N-dealkylation sites (N-methyl/N-ethyl adjacent to an activating group) is 1. The average molecular weight is 520 g/mol. The molecule has 0 radical (unpaired) electrons. The quantitative estimate of drug-likeness (QED) is 0.352. The molecule has 1 amide bonds. The molecule has 35 heavy (non-hydrogen) atoms. The Bertz CT molecular complexity index is 1150. The van der Waals surface area contributed by atoms with Gasteiger partial charge in [0.2, 0.25) is 6.41 Å². The highest BCUT2D eigenvalue weighted by Crippen LogP contribution is 2.23. The minimum absolute atomic E-state index is 0.0241. The number of carboxylic acid groups (broad SMARTS) is 1. The molecular formula is C21H25N7O5S2. The summed E-state index contributed by atoms with van der Waals surface area (Å²) in [4.78, 5) is 54.1. The third-order valence-electron chi connectivity index (χ3n) is 5.82. The molecule has 2 aromatic rings. The lowest BCUT2D eigenvalue weighted by molar-refractivity contribution is -0.136. The van der Waals surface area contributed by atoms with Crippen LogP contribution in [0.4, 0.5) is 5.13 Å². The van der Waals surface area contributed by atoms with Gasteiger partial charge in [-0.2, -0.15) is 0 Å². The number of esters is 1. The summed E-state index contributed by atoms with van der Waals surface area (Å²) in [6.45, 7) is 3.17. The second-order valence-corrected chi connectivity index (χ2v) is 9.92. The molecule has 1 atom stereocenters. The van der Waals surface area contributed by atoms with Gasteiger partial charge in [0.15, 0.2) is 16.0 Å². The van der Waals surface area contributed by atoms with Gasteiger partial charge in [-0.05, 0) is 7.05 Å². The maximum atomic E-state index is 12.4. The van der Waals surface area contributed by atoms with Crippen molar-refractivity contribution in [2.24, 2.45) is 4.99 Å². The van der Waals surface area contributed by atoms with E-state index in [1.165, 1.54) is 29.5 Å². The van der Waals surface area contributed by atoms with Gasteiger partial charge in [-0.15, -0.1) is 11.3 Å². The first-order valence-electron chi connectivity index (χ1n) is 10.7. The van der Waals surface area contributed by atoms with Crippen LogP contribution in [0.15, 0.2) is 34.0 Å². The molecule has 186 valence electrons. The monoisotopic (exact) mass is 519 g/mol. The molecule has 1 saturated heterocycles.